The highest BCUT2D eigenvalue weighted by Gasteiger charge is 2.09. The summed E-state index contributed by atoms with van der Waals surface area (Å²) in [7, 11) is 0. The molecule has 3 rings (SSSR count). The van der Waals surface area contributed by atoms with Crippen LogP contribution in [0, 0.1) is 13.8 Å². The minimum Gasteiger partial charge on any atom is -0.299 e. The van der Waals surface area contributed by atoms with Gasteiger partial charge in [0.05, 0.1) is 10.7 Å². The zero-order valence-corrected chi connectivity index (χ0v) is 13.8. The van der Waals surface area contributed by atoms with Gasteiger partial charge in [0.1, 0.15) is 0 Å². The largest absolute Gasteiger partial charge is 0.326 e. The first-order valence-electron chi connectivity index (χ1n) is 6.76. The van der Waals surface area contributed by atoms with Gasteiger partial charge in [0, 0.05) is 10.9 Å². The number of hydrogen-bond donors (Lipinski definition) is 2. The molecule has 2 aromatic heterocycles. The van der Waals surface area contributed by atoms with E-state index in [2.05, 4.69) is 41.6 Å². The first-order valence-corrected chi connectivity index (χ1v) is 8.52. The molecule has 0 spiro atoms. The molecular weight excluding hydrogens is 314 g/mol. The summed E-state index contributed by atoms with van der Waals surface area (Å²) in [5, 5.41) is 10.8. The third kappa shape index (κ3) is 3.35. The average molecular weight is 329 g/mol. The van der Waals surface area contributed by atoms with E-state index in [4.69, 9.17) is 0 Å². The predicted molar refractivity (Wildman–Crippen MR) is 94.0 cm³/mol. The number of thiazole rings is 1. The fourth-order valence-electron chi connectivity index (χ4n) is 1.95. The molecular formula is C16H15N3OS2. The van der Waals surface area contributed by atoms with E-state index in [9.17, 15) is 4.79 Å². The molecule has 3 aromatic rings. The van der Waals surface area contributed by atoms with Crippen molar-refractivity contribution >= 4 is 38.8 Å². The quantitative estimate of drug-likeness (QED) is 0.699. The molecule has 0 saturated carbocycles. The Morgan fingerprint density at radius 2 is 1.95 bits per heavy atom. The number of benzene rings is 1. The SMILES string of the molecule is Cc1ccc(-c2csc(NC(=O)Nc3cccs3)n2)cc1C. The monoisotopic (exact) mass is 329 g/mol. The van der Waals surface area contributed by atoms with Crippen LogP contribution in [0.2, 0.25) is 0 Å². The molecule has 0 saturated heterocycles. The number of rotatable bonds is 3. The second-order valence-electron chi connectivity index (χ2n) is 4.89. The molecule has 2 N–H and O–H groups in total. The lowest BCUT2D eigenvalue weighted by Crippen LogP contribution is -2.18. The van der Waals surface area contributed by atoms with Gasteiger partial charge in [-0.3, -0.25) is 10.6 Å². The summed E-state index contributed by atoms with van der Waals surface area (Å²) < 4.78 is 0. The Labute approximate surface area is 136 Å². The number of hydrogen-bond acceptors (Lipinski definition) is 4. The number of aromatic nitrogens is 1. The van der Waals surface area contributed by atoms with E-state index in [0.717, 1.165) is 16.3 Å². The van der Waals surface area contributed by atoms with E-state index >= 15 is 0 Å². The number of carbonyl (C=O) groups excluding carboxylic acids is 1. The van der Waals surface area contributed by atoms with Gasteiger partial charge in [-0.1, -0.05) is 12.1 Å². The molecule has 2 amide bonds. The van der Waals surface area contributed by atoms with Gasteiger partial charge in [-0.2, -0.15) is 0 Å². The molecule has 6 heteroatoms. The summed E-state index contributed by atoms with van der Waals surface area (Å²) >= 11 is 2.89. The van der Waals surface area contributed by atoms with Gasteiger partial charge in [-0.15, -0.1) is 22.7 Å². The minimum absolute atomic E-state index is 0.275. The van der Waals surface area contributed by atoms with Crippen LogP contribution in [0.1, 0.15) is 11.1 Å². The number of nitrogens with zero attached hydrogens (tertiary/aromatic N) is 1. The second kappa shape index (κ2) is 6.29. The number of nitrogens with one attached hydrogen (secondary N) is 2. The van der Waals surface area contributed by atoms with Gasteiger partial charge in [-0.25, -0.2) is 9.78 Å². The Hall–Kier alpha value is -2.18. The zero-order valence-electron chi connectivity index (χ0n) is 12.2. The Kier molecular flexibility index (Phi) is 4.22. The van der Waals surface area contributed by atoms with Crippen LogP contribution in [0.25, 0.3) is 11.3 Å². The summed E-state index contributed by atoms with van der Waals surface area (Å²) in [4.78, 5) is 16.3. The Bertz CT molecular complexity index is 794. The van der Waals surface area contributed by atoms with E-state index in [0.29, 0.717) is 5.13 Å². The van der Waals surface area contributed by atoms with E-state index < -0.39 is 0 Å². The standard InChI is InChI=1S/C16H15N3OS2/c1-10-5-6-12(8-11(10)2)13-9-22-16(17-13)19-15(20)18-14-4-3-7-21-14/h3-9H,1-2H3,(H2,17,18,19,20). The molecule has 0 radical (unpaired) electrons. The van der Waals surface area contributed by atoms with Crippen molar-refractivity contribution in [1.82, 2.24) is 4.98 Å². The highest BCUT2D eigenvalue weighted by Crippen LogP contribution is 2.26. The Balaban J connectivity index is 1.70. The molecule has 1 aromatic carbocycles. The maximum absolute atomic E-state index is 11.9. The molecule has 0 aliphatic heterocycles. The van der Waals surface area contributed by atoms with E-state index in [1.54, 1.807) is 0 Å². The van der Waals surface area contributed by atoms with Crippen LogP contribution >= 0.6 is 22.7 Å². The lowest BCUT2D eigenvalue weighted by molar-refractivity contribution is 0.262. The first-order chi connectivity index (χ1) is 10.6. The highest BCUT2D eigenvalue weighted by molar-refractivity contribution is 7.14. The van der Waals surface area contributed by atoms with Crippen molar-refractivity contribution in [1.29, 1.82) is 0 Å². The van der Waals surface area contributed by atoms with Crippen LogP contribution in [-0.2, 0) is 0 Å². The lowest BCUT2D eigenvalue weighted by atomic mass is 10.1. The van der Waals surface area contributed by atoms with Crippen LogP contribution < -0.4 is 10.6 Å². The number of thiophene rings is 1. The van der Waals surface area contributed by atoms with Gasteiger partial charge in [0.25, 0.3) is 0 Å². The fourth-order valence-corrected chi connectivity index (χ4v) is 3.28. The number of amides is 2. The van der Waals surface area contributed by atoms with Gasteiger partial charge < -0.3 is 0 Å². The van der Waals surface area contributed by atoms with Gasteiger partial charge >= 0.3 is 6.03 Å². The molecule has 4 nitrogen and oxygen atoms in total. The summed E-state index contributed by atoms with van der Waals surface area (Å²) in [5.74, 6) is 0. The number of anilines is 2. The van der Waals surface area contributed by atoms with Crippen molar-refractivity contribution < 1.29 is 4.79 Å². The number of urea groups is 1. The first kappa shape index (κ1) is 14.7. The van der Waals surface area contributed by atoms with E-state index in [-0.39, 0.29) is 6.03 Å². The van der Waals surface area contributed by atoms with Crippen molar-refractivity contribution in [2.75, 3.05) is 10.6 Å². The van der Waals surface area contributed by atoms with E-state index in [1.165, 1.54) is 33.8 Å². The third-order valence-corrected chi connectivity index (χ3v) is 4.83. The van der Waals surface area contributed by atoms with Crippen molar-refractivity contribution in [3.63, 3.8) is 0 Å². The van der Waals surface area contributed by atoms with Gasteiger partial charge in [0.15, 0.2) is 5.13 Å². The van der Waals surface area contributed by atoms with Crippen LogP contribution in [0.4, 0.5) is 14.9 Å². The lowest BCUT2D eigenvalue weighted by Gasteiger charge is -2.03. The summed E-state index contributed by atoms with van der Waals surface area (Å²) in [6.45, 7) is 4.17. The molecule has 2 heterocycles. The van der Waals surface area contributed by atoms with Gasteiger partial charge in [0.2, 0.25) is 0 Å². The third-order valence-electron chi connectivity index (χ3n) is 3.29. The maximum atomic E-state index is 11.9. The predicted octanol–water partition coefficient (Wildman–Crippen LogP) is 5.13. The summed E-state index contributed by atoms with van der Waals surface area (Å²) in [6.07, 6.45) is 0. The molecule has 0 bridgehead atoms. The number of carbonyl (C=O) groups is 1. The average Bonchev–Trinajstić information content (AvgIpc) is 3.13. The molecule has 0 unspecified atom stereocenters. The van der Waals surface area contributed by atoms with Crippen molar-refractivity contribution in [2.45, 2.75) is 13.8 Å². The van der Waals surface area contributed by atoms with Crippen molar-refractivity contribution in [3.05, 3.63) is 52.2 Å². The second-order valence-corrected chi connectivity index (χ2v) is 6.70. The zero-order chi connectivity index (χ0) is 15.5. The summed E-state index contributed by atoms with van der Waals surface area (Å²) in [6, 6.07) is 9.71. The molecule has 0 fully saturated rings. The summed E-state index contributed by atoms with van der Waals surface area (Å²) in [5.41, 5.74) is 4.42. The van der Waals surface area contributed by atoms with Crippen LogP contribution in [0.15, 0.2) is 41.1 Å². The van der Waals surface area contributed by atoms with Crippen LogP contribution in [-0.4, -0.2) is 11.0 Å². The molecule has 0 atom stereocenters. The van der Waals surface area contributed by atoms with E-state index in [1.807, 2.05) is 29.0 Å². The number of aryl methyl sites for hydroxylation is 2. The van der Waals surface area contributed by atoms with Crippen molar-refractivity contribution in [3.8, 4) is 11.3 Å². The van der Waals surface area contributed by atoms with Crippen LogP contribution in [0.5, 0.6) is 0 Å². The fraction of sp³-hybridized carbons (Fsp3) is 0.125. The molecule has 112 valence electrons. The van der Waals surface area contributed by atoms with Crippen LogP contribution in [0.3, 0.4) is 0 Å². The highest BCUT2D eigenvalue weighted by atomic mass is 32.1. The van der Waals surface area contributed by atoms with Crippen molar-refractivity contribution in [2.24, 2.45) is 0 Å². The minimum atomic E-state index is -0.275. The topological polar surface area (TPSA) is 54.0 Å². The molecule has 0 aliphatic rings. The molecule has 22 heavy (non-hydrogen) atoms. The maximum Gasteiger partial charge on any atom is 0.326 e. The Morgan fingerprint density at radius 3 is 2.68 bits per heavy atom. The molecule has 0 aliphatic carbocycles. The van der Waals surface area contributed by atoms with Gasteiger partial charge in [-0.05, 0) is 48.6 Å². The Morgan fingerprint density at radius 1 is 1.09 bits per heavy atom. The normalized spacial score (nSPS) is 10.5. The smallest absolute Gasteiger partial charge is 0.299 e.